The average Bonchev–Trinajstić information content (AvgIpc) is 3.72. The van der Waals surface area contributed by atoms with Crippen molar-refractivity contribution in [3.63, 3.8) is 0 Å². The first-order valence-electron chi connectivity index (χ1n) is 15.6. The number of rotatable bonds is 13. The van der Waals surface area contributed by atoms with Gasteiger partial charge < -0.3 is 14.7 Å². The second-order valence-electron chi connectivity index (χ2n) is 12.0. The Kier molecular flexibility index (Phi) is 11.0. The van der Waals surface area contributed by atoms with Gasteiger partial charge >= 0.3 is 6.36 Å². The zero-order chi connectivity index (χ0) is 32.7. The maximum Gasteiger partial charge on any atom is 0.573 e. The van der Waals surface area contributed by atoms with Gasteiger partial charge in [0.25, 0.3) is 5.91 Å². The molecule has 1 fully saturated rings. The summed E-state index contributed by atoms with van der Waals surface area (Å²) < 4.78 is 42.0. The predicted octanol–water partition coefficient (Wildman–Crippen LogP) is 8.75. The van der Waals surface area contributed by atoms with Crippen molar-refractivity contribution in [2.24, 2.45) is 5.92 Å². The van der Waals surface area contributed by atoms with Crippen LogP contribution in [0.4, 0.5) is 13.2 Å². The van der Waals surface area contributed by atoms with Gasteiger partial charge in [-0.3, -0.25) is 9.59 Å². The highest BCUT2D eigenvalue weighted by Gasteiger charge is 2.32. The van der Waals surface area contributed by atoms with E-state index in [-0.39, 0.29) is 29.9 Å². The molecule has 3 aromatic carbocycles. The van der Waals surface area contributed by atoms with E-state index < -0.39 is 18.4 Å². The van der Waals surface area contributed by atoms with Crippen LogP contribution < -0.4 is 4.74 Å². The number of hydrogen-bond acceptors (Lipinski definition) is 5. The third-order valence-corrected chi connectivity index (χ3v) is 9.43. The van der Waals surface area contributed by atoms with Gasteiger partial charge in [0.15, 0.2) is 5.78 Å². The first-order chi connectivity index (χ1) is 22.1. The number of alkyl halides is 3. The average molecular weight is 650 g/mol. The summed E-state index contributed by atoms with van der Waals surface area (Å²) >= 11 is 1.65. The molecule has 5 rings (SSSR count). The van der Waals surface area contributed by atoms with Gasteiger partial charge in [0.2, 0.25) is 0 Å². The van der Waals surface area contributed by atoms with Crippen LogP contribution in [0.25, 0.3) is 0 Å². The maximum absolute atomic E-state index is 13.8. The quantitative estimate of drug-likeness (QED) is 0.147. The molecule has 1 aliphatic rings. The van der Waals surface area contributed by atoms with E-state index in [0.29, 0.717) is 48.9 Å². The van der Waals surface area contributed by atoms with Crippen LogP contribution in [0.15, 0.2) is 90.3 Å². The molecule has 46 heavy (non-hydrogen) atoms. The fraction of sp³-hybridized carbons (Fsp3) is 0.351. The maximum atomic E-state index is 13.8. The number of aliphatic hydroxyl groups is 1. The number of amides is 1. The Bertz CT molecular complexity index is 1610. The molecule has 1 unspecified atom stereocenters. The van der Waals surface area contributed by atoms with E-state index in [4.69, 9.17) is 0 Å². The third kappa shape index (κ3) is 9.07. The molecule has 5 nitrogen and oxygen atoms in total. The van der Waals surface area contributed by atoms with Crippen LogP contribution in [0.2, 0.25) is 0 Å². The summed E-state index contributed by atoms with van der Waals surface area (Å²) in [5.41, 5.74) is 3.41. The molecule has 0 radical (unpaired) electrons. The Morgan fingerprint density at radius 3 is 2.48 bits per heavy atom. The van der Waals surface area contributed by atoms with Gasteiger partial charge in [-0.2, -0.15) is 0 Å². The number of aryl methyl sites for hydroxylation is 2. The molecular weight excluding hydrogens is 611 g/mol. The number of ketones is 1. The molecule has 1 aliphatic heterocycles. The van der Waals surface area contributed by atoms with Crippen molar-refractivity contribution >= 4 is 23.0 Å². The van der Waals surface area contributed by atoms with Crippen LogP contribution in [0.3, 0.4) is 0 Å². The highest BCUT2D eigenvalue weighted by atomic mass is 32.1. The number of Topliss-reactive ketones (excluding diaryl/α,β-unsaturated/α-hetero) is 1. The van der Waals surface area contributed by atoms with Crippen LogP contribution >= 0.6 is 11.3 Å². The van der Waals surface area contributed by atoms with Crippen molar-refractivity contribution in [3.8, 4) is 5.75 Å². The Balaban J connectivity index is 1.28. The lowest BCUT2D eigenvalue weighted by Gasteiger charge is -2.25. The molecule has 1 N–H and O–H groups in total. The molecule has 242 valence electrons. The number of carbonyl (C=O) groups excluding carboxylic acids is 2. The summed E-state index contributed by atoms with van der Waals surface area (Å²) in [7, 11) is 0. The van der Waals surface area contributed by atoms with Gasteiger partial charge in [0.05, 0.1) is 12.1 Å². The Morgan fingerprint density at radius 1 is 0.978 bits per heavy atom. The van der Waals surface area contributed by atoms with E-state index in [1.807, 2.05) is 59.7 Å². The highest BCUT2D eigenvalue weighted by molar-refractivity contribution is 7.10. The van der Waals surface area contributed by atoms with E-state index in [2.05, 4.69) is 10.8 Å². The van der Waals surface area contributed by atoms with E-state index >= 15 is 0 Å². The van der Waals surface area contributed by atoms with Crippen molar-refractivity contribution in [1.29, 1.82) is 0 Å². The summed E-state index contributed by atoms with van der Waals surface area (Å²) in [5, 5.41) is 13.3. The molecule has 4 aromatic rings. The molecule has 3 atom stereocenters. The predicted molar refractivity (Wildman–Crippen MR) is 173 cm³/mol. The number of carbonyl (C=O) groups is 2. The van der Waals surface area contributed by atoms with Crippen LogP contribution in [0, 0.1) is 12.8 Å². The standard InChI is InChI=1S/C37H38F3NO4S/c1-25-19-28(23-30(20-25)36(44)41-17-7-14-32(41)35-16-8-18-46-35)34(43)24-29(21-26-9-3-2-4-10-26)33(42)15-6-12-27-11-5-13-31(22-27)45-37(38,39)40/h2-5,8-11,13,16,18-20,22-23,29,32-33,42H,6-7,12,14-15,17,21,24H2,1H3/t29-,32?,33-/m1/s1. The number of aliphatic hydroxyl groups excluding tert-OH is 1. The van der Waals surface area contributed by atoms with Crippen LogP contribution in [0.1, 0.15) is 80.4 Å². The highest BCUT2D eigenvalue weighted by Crippen LogP contribution is 2.36. The number of nitrogens with zero attached hydrogens (tertiary/aromatic N) is 1. The summed E-state index contributed by atoms with van der Waals surface area (Å²) in [6, 6.07) is 24.9. The van der Waals surface area contributed by atoms with E-state index in [1.54, 1.807) is 29.5 Å². The van der Waals surface area contributed by atoms with E-state index in [9.17, 15) is 27.9 Å². The minimum atomic E-state index is -4.77. The lowest BCUT2D eigenvalue weighted by molar-refractivity contribution is -0.274. The molecule has 0 saturated carbocycles. The third-order valence-electron chi connectivity index (χ3n) is 8.46. The van der Waals surface area contributed by atoms with Crippen molar-refractivity contribution < 1.29 is 32.6 Å². The fourth-order valence-electron chi connectivity index (χ4n) is 6.29. The van der Waals surface area contributed by atoms with Gasteiger partial charge in [-0.25, -0.2) is 0 Å². The van der Waals surface area contributed by atoms with E-state index in [0.717, 1.165) is 28.8 Å². The largest absolute Gasteiger partial charge is 0.573 e. The number of thiophene rings is 1. The number of ether oxygens (including phenoxy) is 1. The van der Waals surface area contributed by atoms with Crippen LogP contribution in [-0.2, 0) is 12.8 Å². The molecule has 0 aliphatic carbocycles. The number of hydrogen-bond donors (Lipinski definition) is 1. The zero-order valence-electron chi connectivity index (χ0n) is 25.7. The first-order valence-corrected chi connectivity index (χ1v) is 16.5. The molecule has 2 heterocycles. The summed E-state index contributed by atoms with van der Waals surface area (Å²) in [6.07, 6.45) is -1.84. The fourth-order valence-corrected chi connectivity index (χ4v) is 7.16. The van der Waals surface area contributed by atoms with Gasteiger partial charge in [-0.05, 0) is 110 Å². The summed E-state index contributed by atoms with van der Waals surface area (Å²) in [4.78, 5) is 30.5. The topological polar surface area (TPSA) is 66.8 Å². The van der Waals surface area contributed by atoms with E-state index in [1.165, 1.54) is 18.2 Å². The second-order valence-corrected chi connectivity index (χ2v) is 13.0. The van der Waals surface area contributed by atoms with Gasteiger partial charge in [-0.1, -0.05) is 48.5 Å². The SMILES string of the molecule is Cc1cc(C(=O)C[C@@H](Cc2ccccc2)[C@H](O)CCCc2cccc(OC(F)(F)F)c2)cc(C(=O)N2CCCC2c2cccs2)c1. The molecule has 1 aromatic heterocycles. The van der Waals surface area contributed by atoms with Crippen molar-refractivity contribution in [2.75, 3.05) is 6.54 Å². The molecule has 0 bridgehead atoms. The van der Waals surface area contributed by atoms with Gasteiger partial charge in [-0.15, -0.1) is 24.5 Å². The van der Waals surface area contributed by atoms with Crippen molar-refractivity contribution in [3.05, 3.63) is 123 Å². The van der Waals surface area contributed by atoms with Gasteiger partial charge in [0, 0.05) is 29.0 Å². The second kappa shape index (κ2) is 15.1. The summed E-state index contributed by atoms with van der Waals surface area (Å²) in [6.45, 7) is 2.54. The Hall–Kier alpha value is -3.95. The lowest BCUT2D eigenvalue weighted by atomic mass is 9.85. The molecule has 0 spiro atoms. The smallest absolute Gasteiger partial charge is 0.406 e. The number of halogens is 3. The van der Waals surface area contributed by atoms with Crippen molar-refractivity contribution in [1.82, 2.24) is 4.90 Å². The summed E-state index contributed by atoms with van der Waals surface area (Å²) in [5.74, 6) is -0.901. The minimum Gasteiger partial charge on any atom is -0.406 e. The monoisotopic (exact) mass is 649 g/mol. The Morgan fingerprint density at radius 2 is 1.74 bits per heavy atom. The minimum absolute atomic E-state index is 0.0391. The van der Waals surface area contributed by atoms with Crippen molar-refractivity contribution in [2.45, 2.75) is 70.4 Å². The molecular formula is C37H38F3NO4S. The van der Waals surface area contributed by atoms with Crippen LogP contribution in [0.5, 0.6) is 5.75 Å². The van der Waals surface area contributed by atoms with Gasteiger partial charge in [0.1, 0.15) is 5.75 Å². The zero-order valence-corrected chi connectivity index (χ0v) is 26.5. The lowest BCUT2D eigenvalue weighted by Crippen LogP contribution is -2.30. The first kappa shape index (κ1) is 33.4. The number of benzene rings is 3. The van der Waals surface area contributed by atoms with Crippen LogP contribution in [-0.4, -0.2) is 40.7 Å². The molecule has 9 heteroatoms. The number of likely N-dealkylation sites (tertiary alicyclic amines) is 1. The Labute approximate surface area is 271 Å². The normalized spacial score (nSPS) is 16.3. The molecule has 1 amide bonds. The molecule has 1 saturated heterocycles.